The van der Waals surface area contributed by atoms with Crippen LogP contribution in [-0.4, -0.2) is 19.6 Å². The number of aliphatic imine (C=N–C) groups is 1. The van der Waals surface area contributed by atoms with E-state index in [2.05, 4.69) is 16.9 Å². The molecule has 0 bridgehead atoms. The molecule has 0 aliphatic carbocycles. The number of hydrogen-bond acceptors (Lipinski definition) is 2. The quantitative estimate of drug-likeness (QED) is 0.337. The number of benzene rings is 1. The first-order chi connectivity index (χ1) is 8.76. The molecule has 1 rings (SSSR count). The van der Waals surface area contributed by atoms with Crippen LogP contribution < -0.4 is 15.8 Å². The second-order valence-electron chi connectivity index (χ2n) is 3.90. The average molecular weight is 247 g/mol. The van der Waals surface area contributed by atoms with Gasteiger partial charge in [-0.05, 0) is 43.5 Å². The van der Waals surface area contributed by atoms with E-state index in [-0.39, 0.29) is 0 Å². The van der Waals surface area contributed by atoms with Gasteiger partial charge in [0.1, 0.15) is 5.75 Å². The Labute approximate surface area is 109 Å². The molecule has 0 fully saturated rings. The van der Waals surface area contributed by atoms with Crippen LogP contribution >= 0.6 is 0 Å². The summed E-state index contributed by atoms with van der Waals surface area (Å²) in [6.45, 7) is 4.42. The number of rotatable bonds is 7. The number of ether oxygens (including phenoxy) is 1. The van der Waals surface area contributed by atoms with Gasteiger partial charge in [-0.15, -0.1) is 6.58 Å². The van der Waals surface area contributed by atoms with E-state index in [4.69, 9.17) is 10.5 Å². The topological polar surface area (TPSA) is 59.6 Å². The molecule has 18 heavy (non-hydrogen) atoms. The Kier molecular flexibility index (Phi) is 6.40. The van der Waals surface area contributed by atoms with Gasteiger partial charge in [-0.3, -0.25) is 4.99 Å². The molecule has 0 atom stereocenters. The number of unbranched alkanes of at least 4 members (excludes halogenated alkanes) is 2. The molecule has 0 aliphatic rings. The lowest BCUT2D eigenvalue weighted by Gasteiger charge is -2.06. The predicted octanol–water partition coefficient (Wildman–Crippen LogP) is 2.78. The van der Waals surface area contributed by atoms with E-state index in [1.807, 2.05) is 30.3 Å². The monoisotopic (exact) mass is 247 g/mol. The number of methoxy groups -OCH3 is 1. The fraction of sp³-hybridized carbons (Fsp3) is 0.357. The highest BCUT2D eigenvalue weighted by Gasteiger charge is 1.95. The third-order valence-electron chi connectivity index (χ3n) is 2.46. The van der Waals surface area contributed by atoms with Crippen molar-refractivity contribution in [3.63, 3.8) is 0 Å². The van der Waals surface area contributed by atoms with Gasteiger partial charge in [-0.2, -0.15) is 0 Å². The van der Waals surface area contributed by atoms with Crippen LogP contribution in [0.5, 0.6) is 5.75 Å². The van der Waals surface area contributed by atoms with Gasteiger partial charge in [0.15, 0.2) is 5.96 Å². The van der Waals surface area contributed by atoms with Crippen molar-refractivity contribution in [1.82, 2.24) is 0 Å². The molecular formula is C14H21N3O. The molecule has 0 saturated carbocycles. The molecule has 0 unspecified atom stereocenters. The van der Waals surface area contributed by atoms with E-state index < -0.39 is 0 Å². The largest absolute Gasteiger partial charge is 0.497 e. The van der Waals surface area contributed by atoms with E-state index in [0.717, 1.165) is 37.2 Å². The van der Waals surface area contributed by atoms with Crippen molar-refractivity contribution in [2.24, 2.45) is 10.7 Å². The van der Waals surface area contributed by atoms with Gasteiger partial charge >= 0.3 is 0 Å². The molecule has 0 spiro atoms. The predicted molar refractivity (Wildman–Crippen MR) is 77.2 cm³/mol. The van der Waals surface area contributed by atoms with E-state index >= 15 is 0 Å². The number of nitrogens with zero attached hydrogens (tertiary/aromatic N) is 1. The van der Waals surface area contributed by atoms with Crippen molar-refractivity contribution >= 4 is 11.6 Å². The molecule has 98 valence electrons. The maximum Gasteiger partial charge on any atom is 0.193 e. The van der Waals surface area contributed by atoms with Gasteiger partial charge in [0.05, 0.1) is 7.11 Å². The molecule has 0 saturated heterocycles. The van der Waals surface area contributed by atoms with Crippen LogP contribution in [0.3, 0.4) is 0 Å². The second-order valence-corrected chi connectivity index (χ2v) is 3.90. The van der Waals surface area contributed by atoms with Gasteiger partial charge < -0.3 is 15.8 Å². The molecule has 3 N–H and O–H groups in total. The average Bonchev–Trinajstić information content (AvgIpc) is 2.39. The Morgan fingerprint density at radius 3 is 2.72 bits per heavy atom. The minimum Gasteiger partial charge on any atom is -0.497 e. The number of hydrogen-bond donors (Lipinski definition) is 2. The maximum absolute atomic E-state index is 5.78. The molecule has 1 aromatic carbocycles. The van der Waals surface area contributed by atoms with Gasteiger partial charge in [0, 0.05) is 12.2 Å². The fourth-order valence-corrected chi connectivity index (χ4v) is 1.46. The Morgan fingerprint density at radius 2 is 2.11 bits per heavy atom. The zero-order valence-corrected chi connectivity index (χ0v) is 10.9. The number of anilines is 1. The summed E-state index contributed by atoms with van der Waals surface area (Å²) >= 11 is 0. The third-order valence-corrected chi connectivity index (χ3v) is 2.46. The molecule has 1 aromatic rings. The SMILES string of the molecule is C=CCCCCN=C(N)Nc1ccc(OC)cc1. The summed E-state index contributed by atoms with van der Waals surface area (Å²) < 4.78 is 5.08. The van der Waals surface area contributed by atoms with Crippen molar-refractivity contribution in [2.75, 3.05) is 19.0 Å². The van der Waals surface area contributed by atoms with Crippen LogP contribution in [0.2, 0.25) is 0 Å². The smallest absolute Gasteiger partial charge is 0.193 e. The van der Waals surface area contributed by atoms with Gasteiger partial charge in [0.2, 0.25) is 0 Å². The van der Waals surface area contributed by atoms with Gasteiger partial charge in [-0.25, -0.2) is 0 Å². The maximum atomic E-state index is 5.78. The molecule has 0 heterocycles. The van der Waals surface area contributed by atoms with Gasteiger partial charge in [-0.1, -0.05) is 6.08 Å². The first-order valence-corrected chi connectivity index (χ1v) is 6.08. The highest BCUT2D eigenvalue weighted by molar-refractivity contribution is 5.92. The highest BCUT2D eigenvalue weighted by Crippen LogP contribution is 2.14. The Balaban J connectivity index is 2.35. The number of guanidine groups is 1. The lowest BCUT2D eigenvalue weighted by molar-refractivity contribution is 0.415. The van der Waals surface area contributed by atoms with Crippen LogP contribution in [-0.2, 0) is 0 Å². The summed E-state index contributed by atoms with van der Waals surface area (Å²) in [5.41, 5.74) is 6.68. The summed E-state index contributed by atoms with van der Waals surface area (Å²) in [7, 11) is 1.64. The normalized spacial score (nSPS) is 11.1. The zero-order valence-electron chi connectivity index (χ0n) is 10.9. The minimum atomic E-state index is 0.443. The first-order valence-electron chi connectivity index (χ1n) is 6.08. The van der Waals surface area contributed by atoms with Crippen molar-refractivity contribution in [1.29, 1.82) is 0 Å². The molecule has 4 heteroatoms. The standard InChI is InChI=1S/C14H21N3O/c1-3-4-5-6-11-16-14(15)17-12-7-9-13(18-2)10-8-12/h3,7-10H,1,4-6,11H2,2H3,(H3,15,16,17). The lowest BCUT2D eigenvalue weighted by atomic mass is 10.2. The Bertz CT molecular complexity index is 385. The fourth-order valence-electron chi connectivity index (χ4n) is 1.46. The van der Waals surface area contributed by atoms with E-state index in [0.29, 0.717) is 5.96 Å². The molecule has 0 radical (unpaired) electrons. The van der Waals surface area contributed by atoms with Crippen LogP contribution in [0.15, 0.2) is 41.9 Å². The lowest BCUT2D eigenvalue weighted by Crippen LogP contribution is -2.22. The van der Waals surface area contributed by atoms with Crippen LogP contribution in [0.25, 0.3) is 0 Å². The van der Waals surface area contributed by atoms with Crippen molar-refractivity contribution in [3.8, 4) is 5.75 Å². The summed E-state index contributed by atoms with van der Waals surface area (Å²) in [6.07, 6.45) is 5.07. The Morgan fingerprint density at radius 1 is 1.39 bits per heavy atom. The first kappa shape index (κ1) is 14.1. The van der Waals surface area contributed by atoms with Crippen LogP contribution in [0.1, 0.15) is 19.3 Å². The van der Waals surface area contributed by atoms with Crippen molar-refractivity contribution < 1.29 is 4.74 Å². The summed E-state index contributed by atoms with van der Waals surface area (Å²) in [4.78, 5) is 4.25. The van der Waals surface area contributed by atoms with E-state index in [9.17, 15) is 0 Å². The van der Waals surface area contributed by atoms with E-state index in [1.165, 1.54) is 0 Å². The Hall–Kier alpha value is -1.97. The summed E-state index contributed by atoms with van der Waals surface area (Å²) in [5.74, 6) is 1.26. The summed E-state index contributed by atoms with van der Waals surface area (Å²) in [5, 5.41) is 3.04. The summed E-state index contributed by atoms with van der Waals surface area (Å²) in [6, 6.07) is 7.55. The van der Waals surface area contributed by atoms with Crippen molar-refractivity contribution in [2.45, 2.75) is 19.3 Å². The molecule has 4 nitrogen and oxygen atoms in total. The second kappa shape index (κ2) is 8.17. The van der Waals surface area contributed by atoms with Crippen molar-refractivity contribution in [3.05, 3.63) is 36.9 Å². The molecule has 0 amide bonds. The van der Waals surface area contributed by atoms with E-state index in [1.54, 1.807) is 7.11 Å². The number of nitrogens with one attached hydrogen (secondary N) is 1. The molecular weight excluding hydrogens is 226 g/mol. The van der Waals surface area contributed by atoms with Gasteiger partial charge in [0.25, 0.3) is 0 Å². The number of allylic oxidation sites excluding steroid dienone is 1. The highest BCUT2D eigenvalue weighted by atomic mass is 16.5. The molecule has 0 aromatic heterocycles. The third kappa shape index (κ3) is 5.39. The zero-order chi connectivity index (χ0) is 13.2. The minimum absolute atomic E-state index is 0.443. The number of nitrogens with two attached hydrogens (primary N) is 1. The van der Waals surface area contributed by atoms with Crippen LogP contribution in [0, 0.1) is 0 Å². The molecule has 0 aliphatic heterocycles. The van der Waals surface area contributed by atoms with Crippen LogP contribution in [0.4, 0.5) is 5.69 Å².